The van der Waals surface area contributed by atoms with Crippen LogP contribution in [0.25, 0.3) is 0 Å². The summed E-state index contributed by atoms with van der Waals surface area (Å²) in [6, 6.07) is 1.57. The van der Waals surface area contributed by atoms with E-state index in [2.05, 4.69) is 10.6 Å². The number of nitrogens with one attached hydrogen (secondary N) is 2. The SMILES string of the molecule is Cc1occc1C(=O)NCC(=O)NCC1CCCC1O. The first-order valence-electron chi connectivity index (χ1n) is 6.85. The number of rotatable bonds is 5. The van der Waals surface area contributed by atoms with Crippen LogP contribution >= 0.6 is 0 Å². The maximum atomic E-state index is 11.8. The second-order valence-corrected chi connectivity index (χ2v) is 5.14. The minimum absolute atomic E-state index is 0.0771. The van der Waals surface area contributed by atoms with E-state index in [1.807, 2.05) is 0 Å². The molecule has 1 aromatic rings. The fourth-order valence-electron chi connectivity index (χ4n) is 2.44. The highest BCUT2D eigenvalue weighted by Gasteiger charge is 2.25. The lowest BCUT2D eigenvalue weighted by atomic mass is 10.1. The van der Waals surface area contributed by atoms with Gasteiger partial charge in [0.2, 0.25) is 5.91 Å². The third-order valence-corrected chi connectivity index (χ3v) is 3.69. The maximum absolute atomic E-state index is 11.8. The number of carbonyl (C=O) groups is 2. The van der Waals surface area contributed by atoms with E-state index in [4.69, 9.17) is 4.42 Å². The summed E-state index contributed by atoms with van der Waals surface area (Å²) in [5.41, 5.74) is 0.434. The molecule has 0 saturated heterocycles. The molecule has 0 spiro atoms. The number of hydrogen-bond donors (Lipinski definition) is 3. The van der Waals surface area contributed by atoms with Gasteiger partial charge in [0.25, 0.3) is 5.91 Å². The molecule has 2 unspecified atom stereocenters. The first kappa shape index (κ1) is 14.6. The molecule has 2 amide bonds. The summed E-state index contributed by atoms with van der Waals surface area (Å²) in [6.45, 7) is 2.07. The molecular weight excluding hydrogens is 260 g/mol. The van der Waals surface area contributed by atoms with Gasteiger partial charge < -0.3 is 20.2 Å². The van der Waals surface area contributed by atoms with Gasteiger partial charge in [-0.2, -0.15) is 0 Å². The molecule has 3 N–H and O–H groups in total. The Morgan fingerprint density at radius 3 is 2.80 bits per heavy atom. The van der Waals surface area contributed by atoms with Crippen molar-refractivity contribution in [2.24, 2.45) is 5.92 Å². The first-order valence-corrected chi connectivity index (χ1v) is 6.85. The van der Waals surface area contributed by atoms with E-state index in [1.165, 1.54) is 6.26 Å². The van der Waals surface area contributed by atoms with E-state index in [0.717, 1.165) is 19.3 Å². The standard InChI is InChI=1S/C14H20N2O4/c1-9-11(5-6-20-9)14(19)16-8-13(18)15-7-10-3-2-4-12(10)17/h5-6,10,12,17H,2-4,7-8H2,1H3,(H,15,18)(H,16,19). The molecule has 1 aliphatic rings. The van der Waals surface area contributed by atoms with Gasteiger partial charge in [-0.1, -0.05) is 6.42 Å². The monoisotopic (exact) mass is 280 g/mol. The molecule has 0 aromatic carbocycles. The highest BCUT2D eigenvalue weighted by molar-refractivity contribution is 5.97. The Morgan fingerprint density at radius 2 is 2.20 bits per heavy atom. The van der Waals surface area contributed by atoms with Crippen LogP contribution in [0.5, 0.6) is 0 Å². The van der Waals surface area contributed by atoms with Gasteiger partial charge in [-0.3, -0.25) is 9.59 Å². The van der Waals surface area contributed by atoms with Crippen molar-refractivity contribution in [2.45, 2.75) is 32.3 Å². The van der Waals surface area contributed by atoms with E-state index in [9.17, 15) is 14.7 Å². The van der Waals surface area contributed by atoms with E-state index in [1.54, 1.807) is 13.0 Å². The van der Waals surface area contributed by atoms with Crippen molar-refractivity contribution < 1.29 is 19.1 Å². The van der Waals surface area contributed by atoms with E-state index >= 15 is 0 Å². The molecule has 6 nitrogen and oxygen atoms in total. The van der Waals surface area contributed by atoms with Crippen molar-refractivity contribution >= 4 is 11.8 Å². The van der Waals surface area contributed by atoms with Crippen molar-refractivity contribution in [1.82, 2.24) is 10.6 Å². The number of aliphatic hydroxyl groups excluding tert-OH is 1. The third-order valence-electron chi connectivity index (χ3n) is 3.69. The Hall–Kier alpha value is -1.82. The zero-order valence-corrected chi connectivity index (χ0v) is 11.5. The Bertz CT molecular complexity index is 483. The first-order chi connectivity index (χ1) is 9.58. The summed E-state index contributed by atoms with van der Waals surface area (Å²) in [5.74, 6) is 0.0775. The molecule has 0 radical (unpaired) electrons. The highest BCUT2D eigenvalue weighted by atomic mass is 16.3. The van der Waals surface area contributed by atoms with Crippen LogP contribution in [-0.4, -0.2) is 36.1 Å². The minimum Gasteiger partial charge on any atom is -0.469 e. The van der Waals surface area contributed by atoms with Crippen molar-refractivity contribution in [2.75, 3.05) is 13.1 Å². The molecule has 1 saturated carbocycles. The summed E-state index contributed by atoms with van der Waals surface area (Å²) in [7, 11) is 0. The fraction of sp³-hybridized carbons (Fsp3) is 0.571. The van der Waals surface area contributed by atoms with Crippen molar-refractivity contribution in [3.05, 3.63) is 23.7 Å². The van der Waals surface area contributed by atoms with Crippen molar-refractivity contribution in [1.29, 1.82) is 0 Å². The molecule has 1 aliphatic carbocycles. The lowest BCUT2D eigenvalue weighted by Gasteiger charge is -2.15. The smallest absolute Gasteiger partial charge is 0.255 e. The van der Waals surface area contributed by atoms with Crippen molar-refractivity contribution in [3.8, 4) is 0 Å². The predicted octanol–water partition coefficient (Wildman–Crippen LogP) is 0.595. The second-order valence-electron chi connectivity index (χ2n) is 5.14. The summed E-state index contributed by atoms with van der Waals surface area (Å²) in [4.78, 5) is 23.4. The van der Waals surface area contributed by atoms with Crippen LogP contribution in [0.2, 0.25) is 0 Å². The number of carbonyl (C=O) groups excluding carboxylic acids is 2. The van der Waals surface area contributed by atoms with Crippen LogP contribution in [0.1, 0.15) is 35.4 Å². The van der Waals surface area contributed by atoms with Gasteiger partial charge in [0.15, 0.2) is 0 Å². The molecule has 1 heterocycles. The average Bonchev–Trinajstić information content (AvgIpc) is 3.02. The van der Waals surface area contributed by atoms with Crippen LogP contribution in [-0.2, 0) is 4.79 Å². The highest BCUT2D eigenvalue weighted by Crippen LogP contribution is 2.24. The van der Waals surface area contributed by atoms with Crippen molar-refractivity contribution in [3.63, 3.8) is 0 Å². The largest absolute Gasteiger partial charge is 0.469 e. The van der Waals surface area contributed by atoms with Gasteiger partial charge >= 0.3 is 0 Å². The lowest BCUT2D eigenvalue weighted by Crippen LogP contribution is -2.40. The Morgan fingerprint density at radius 1 is 1.40 bits per heavy atom. The van der Waals surface area contributed by atoms with Crippen LogP contribution in [0.3, 0.4) is 0 Å². The van der Waals surface area contributed by atoms with E-state index in [0.29, 0.717) is 17.9 Å². The Labute approximate surface area is 117 Å². The number of hydrogen-bond acceptors (Lipinski definition) is 4. The summed E-state index contributed by atoms with van der Waals surface area (Å²) >= 11 is 0. The molecule has 1 fully saturated rings. The quantitative estimate of drug-likeness (QED) is 0.736. The maximum Gasteiger partial charge on any atom is 0.255 e. The number of amides is 2. The predicted molar refractivity (Wildman–Crippen MR) is 72.1 cm³/mol. The Balaban J connectivity index is 1.70. The van der Waals surface area contributed by atoms with Gasteiger partial charge in [0.05, 0.1) is 24.5 Å². The molecular formula is C14H20N2O4. The normalized spacial score (nSPS) is 21.7. The molecule has 2 rings (SSSR count). The second kappa shape index (κ2) is 6.56. The number of aliphatic hydroxyl groups is 1. The van der Waals surface area contributed by atoms with Crippen LogP contribution < -0.4 is 10.6 Å². The molecule has 20 heavy (non-hydrogen) atoms. The third kappa shape index (κ3) is 3.60. The molecule has 6 heteroatoms. The number of furan rings is 1. The molecule has 110 valence electrons. The van der Waals surface area contributed by atoms with Gasteiger partial charge in [-0.15, -0.1) is 0 Å². The van der Waals surface area contributed by atoms with Gasteiger partial charge in [-0.25, -0.2) is 0 Å². The summed E-state index contributed by atoms with van der Waals surface area (Å²) < 4.78 is 5.03. The molecule has 1 aromatic heterocycles. The lowest BCUT2D eigenvalue weighted by molar-refractivity contribution is -0.120. The Kier molecular flexibility index (Phi) is 4.79. The topological polar surface area (TPSA) is 91.6 Å². The summed E-state index contributed by atoms with van der Waals surface area (Å²) in [6.07, 6.45) is 3.85. The zero-order valence-electron chi connectivity index (χ0n) is 11.5. The van der Waals surface area contributed by atoms with Gasteiger partial charge in [0, 0.05) is 12.5 Å². The van der Waals surface area contributed by atoms with Crippen LogP contribution in [0.15, 0.2) is 16.7 Å². The van der Waals surface area contributed by atoms with Gasteiger partial charge in [0.1, 0.15) is 5.76 Å². The molecule has 0 aliphatic heterocycles. The summed E-state index contributed by atoms with van der Waals surface area (Å²) in [5, 5.41) is 14.9. The fourth-order valence-corrected chi connectivity index (χ4v) is 2.44. The molecule has 2 atom stereocenters. The van der Waals surface area contributed by atoms with Crippen LogP contribution in [0.4, 0.5) is 0 Å². The van der Waals surface area contributed by atoms with Crippen LogP contribution in [0, 0.1) is 12.8 Å². The zero-order chi connectivity index (χ0) is 14.5. The van der Waals surface area contributed by atoms with E-state index < -0.39 is 0 Å². The number of aryl methyl sites for hydroxylation is 1. The molecule has 0 bridgehead atoms. The minimum atomic E-state index is -0.327. The van der Waals surface area contributed by atoms with Gasteiger partial charge in [-0.05, 0) is 25.8 Å². The van der Waals surface area contributed by atoms with E-state index in [-0.39, 0.29) is 30.4 Å². The average molecular weight is 280 g/mol.